The number of alkyl halides is 3. The number of amides is 1. The summed E-state index contributed by atoms with van der Waals surface area (Å²) in [6.07, 6.45) is -2.61. The molecule has 1 aliphatic heterocycles. The van der Waals surface area contributed by atoms with E-state index in [0.717, 1.165) is 50.7 Å². The number of carbonyl (C=O) groups excluding carboxylic acids is 1. The number of pyridine rings is 1. The molecule has 2 saturated carbocycles. The molecule has 0 radical (unpaired) electrons. The molecule has 2 aromatic heterocycles. The summed E-state index contributed by atoms with van der Waals surface area (Å²) in [7, 11) is 0. The largest absolute Gasteiger partial charge is 0.508 e. The summed E-state index contributed by atoms with van der Waals surface area (Å²) in [5.41, 5.74) is 1.96. The fourth-order valence-corrected chi connectivity index (χ4v) is 10.2. The number of nitrogens with one attached hydrogen (secondary N) is 1. The number of carbonyl (C=O) groups is 1. The molecule has 2 aromatic carbocycles. The van der Waals surface area contributed by atoms with Crippen LogP contribution in [0.1, 0.15) is 85.1 Å². The predicted molar refractivity (Wildman–Crippen MR) is 208 cm³/mol. The number of benzene rings is 2. The minimum atomic E-state index is -4.66. The second-order valence-corrected chi connectivity index (χ2v) is 16.7. The average Bonchev–Trinajstić information content (AvgIpc) is 3.50. The van der Waals surface area contributed by atoms with Crippen LogP contribution in [0.15, 0.2) is 72.8 Å². The van der Waals surface area contributed by atoms with Crippen molar-refractivity contribution in [3.05, 3.63) is 95.3 Å². The van der Waals surface area contributed by atoms with Crippen LogP contribution in [-0.2, 0) is 17.3 Å². The number of aromatic hydroxyl groups is 1. The molecule has 0 spiro atoms. The van der Waals surface area contributed by atoms with E-state index < -0.39 is 41.9 Å². The van der Waals surface area contributed by atoms with Crippen molar-refractivity contribution >= 4 is 5.91 Å². The van der Waals surface area contributed by atoms with Gasteiger partial charge in [-0.1, -0.05) is 19.1 Å². The third kappa shape index (κ3) is 8.22. The molecule has 1 saturated heterocycles. The summed E-state index contributed by atoms with van der Waals surface area (Å²) in [5, 5.41) is 54.6. The number of phenolic OH excluding ortho intramolecular Hbond substituents is 1. The zero-order chi connectivity index (χ0) is 41.5. The molecule has 5 N–H and O–H groups in total. The molecule has 3 fully saturated rings. The van der Waals surface area contributed by atoms with Crippen molar-refractivity contribution in [2.75, 3.05) is 19.8 Å². The van der Waals surface area contributed by atoms with Gasteiger partial charge in [0.1, 0.15) is 42.1 Å². The van der Waals surface area contributed by atoms with Crippen molar-refractivity contribution in [3.63, 3.8) is 0 Å². The van der Waals surface area contributed by atoms with Crippen LogP contribution in [0.25, 0.3) is 11.3 Å². The van der Waals surface area contributed by atoms with E-state index in [4.69, 9.17) is 14.2 Å². The van der Waals surface area contributed by atoms with E-state index in [-0.39, 0.29) is 36.1 Å². The third-order valence-electron chi connectivity index (χ3n) is 13.4. The number of aryl methyl sites for hydroxylation is 1. The SMILES string of the molecule is C[C@]12CC[C@@H]3c4ccc(O)cc4CC[C@H]3[C@@H]1CC[C@@]2(O)CCCNC(=O)c1ccc(-c2ccc(OC[C@H]3OC[C@H](Oc4cccc(C(F)(F)F)n4)[C@@H](O)[C@H]3O)cc2)nn1. The summed E-state index contributed by atoms with van der Waals surface area (Å²) in [5.74, 6) is 1.52. The smallest absolute Gasteiger partial charge is 0.433 e. The number of ether oxygens (including phenoxy) is 3. The van der Waals surface area contributed by atoms with E-state index in [1.807, 2.05) is 6.07 Å². The number of fused-ring (bicyclic) bond motifs is 5. The normalized spacial score (nSPS) is 30.1. The Balaban J connectivity index is 0.779. The molecule has 1 amide bonds. The van der Waals surface area contributed by atoms with Gasteiger partial charge in [0.2, 0.25) is 5.88 Å². The molecule has 0 unspecified atom stereocenters. The van der Waals surface area contributed by atoms with Gasteiger partial charge in [0.15, 0.2) is 11.8 Å². The first-order valence-corrected chi connectivity index (χ1v) is 20.3. The molecular weight excluding hydrogens is 769 g/mol. The van der Waals surface area contributed by atoms with Crippen LogP contribution in [0, 0.1) is 17.3 Å². The molecule has 314 valence electrons. The van der Waals surface area contributed by atoms with Gasteiger partial charge in [-0.3, -0.25) is 4.79 Å². The van der Waals surface area contributed by atoms with Crippen molar-refractivity contribution in [2.45, 2.75) is 100 Å². The fraction of sp³-hybridized carbons (Fsp3) is 0.500. The third-order valence-corrected chi connectivity index (χ3v) is 13.4. The second kappa shape index (κ2) is 16.3. The first kappa shape index (κ1) is 40.9. The molecule has 12 nitrogen and oxygen atoms in total. The lowest BCUT2D eigenvalue weighted by Crippen LogP contribution is -2.56. The number of hydrogen-bond donors (Lipinski definition) is 5. The Morgan fingerprint density at radius 3 is 2.56 bits per heavy atom. The predicted octanol–water partition coefficient (Wildman–Crippen LogP) is 6.01. The number of phenols is 1. The Labute approximate surface area is 339 Å². The van der Waals surface area contributed by atoms with Crippen molar-refractivity contribution in [1.29, 1.82) is 0 Å². The molecule has 59 heavy (non-hydrogen) atoms. The van der Waals surface area contributed by atoms with Gasteiger partial charge in [-0.2, -0.15) is 13.2 Å². The van der Waals surface area contributed by atoms with Crippen LogP contribution in [0.4, 0.5) is 13.2 Å². The highest BCUT2D eigenvalue weighted by Gasteiger charge is 2.61. The lowest BCUT2D eigenvalue weighted by atomic mass is 9.53. The molecule has 0 bridgehead atoms. The molecule has 3 aliphatic carbocycles. The van der Waals surface area contributed by atoms with Crippen LogP contribution in [0.3, 0.4) is 0 Å². The van der Waals surface area contributed by atoms with E-state index in [1.54, 1.807) is 42.5 Å². The number of rotatable bonds is 11. The van der Waals surface area contributed by atoms with Gasteiger partial charge < -0.3 is 40.0 Å². The summed E-state index contributed by atoms with van der Waals surface area (Å²) in [4.78, 5) is 16.4. The van der Waals surface area contributed by atoms with Crippen LogP contribution in [0.2, 0.25) is 0 Å². The monoisotopic (exact) mass is 818 g/mol. The van der Waals surface area contributed by atoms with Crippen molar-refractivity contribution in [2.24, 2.45) is 17.3 Å². The molecule has 4 aromatic rings. The first-order valence-electron chi connectivity index (χ1n) is 20.3. The standard InChI is InChI=1S/C44H49F3N4O8/c1-42-19-16-30-29-13-9-27(52)22-26(29)8-12-31(30)32(42)17-20-43(42,56)18-3-21-48-41(55)34-15-14-33(50-51-34)25-6-10-28(11-7-25)57-23-35-39(53)40(54)36(24-58-35)59-38-5-2-4-37(49-38)44(45,46)47/h2,4-7,9-11,13-15,22,30-32,35-36,39-40,52-54,56H,3,8,12,16-21,23-24H2,1H3,(H,48,55)/t30-,31-,32+,35-,36+,39+,40-,42+,43+/m1/s1. The number of hydrogen-bond acceptors (Lipinski definition) is 11. The zero-order valence-corrected chi connectivity index (χ0v) is 32.6. The lowest BCUT2D eigenvalue weighted by molar-refractivity contribution is -0.187. The van der Waals surface area contributed by atoms with Gasteiger partial charge in [-0.05, 0) is 140 Å². The summed E-state index contributed by atoms with van der Waals surface area (Å²) in [6.45, 7) is 2.34. The highest BCUT2D eigenvalue weighted by atomic mass is 19.4. The number of halogens is 3. The summed E-state index contributed by atoms with van der Waals surface area (Å²) < 4.78 is 55.9. The molecule has 15 heteroatoms. The van der Waals surface area contributed by atoms with Gasteiger partial charge in [-0.25, -0.2) is 4.98 Å². The Kier molecular flexibility index (Phi) is 11.3. The average molecular weight is 819 g/mol. The van der Waals surface area contributed by atoms with Crippen LogP contribution < -0.4 is 14.8 Å². The van der Waals surface area contributed by atoms with E-state index in [0.29, 0.717) is 59.9 Å². The number of nitrogens with zero attached hydrogens (tertiary/aromatic N) is 3. The molecule has 3 heterocycles. The van der Waals surface area contributed by atoms with Gasteiger partial charge in [-0.15, -0.1) is 10.2 Å². The van der Waals surface area contributed by atoms with Gasteiger partial charge in [0.05, 0.1) is 17.9 Å². The number of aliphatic hydroxyl groups excluding tert-OH is 2. The Bertz CT molecular complexity index is 2120. The quantitative estimate of drug-likeness (QED) is 0.112. The van der Waals surface area contributed by atoms with Crippen LogP contribution in [0.5, 0.6) is 17.4 Å². The minimum absolute atomic E-state index is 0.126. The van der Waals surface area contributed by atoms with E-state index >= 15 is 0 Å². The van der Waals surface area contributed by atoms with Crippen molar-refractivity contribution < 1.29 is 52.6 Å². The highest BCUT2D eigenvalue weighted by molar-refractivity contribution is 5.92. The number of aliphatic hydroxyl groups is 3. The summed E-state index contributed by atoms with van der Waals surface area (Å²) >= 11 is 0. The van der Waals surface area contributed by atoms with Gasteiger partial charge in [0.25, 0.3) is 5.91 Å². The fourth-order valence-electron chi connectivity index (χ4n) is 10.2. The minimum Gasteiger partial charge on any atom is -0.508 e. The van der Waals surface area contributed by atoms with E-state index in [1.165, 1.54) is 17.2 Å². The lowest BCUT2D eigenvalue weighted by Gasteiger charge is -2.53. The molecule has 4 aliphatic rings. The highest BCUT2D eigenvalue weighted by Crippen LogP contribution is 2.65. The number of aromatic nitrogens is 3. The van der Waals surface area contributed by atoms with Crippen molar-refractivity contribution in [1.82, 2.24) is 20.5 Å². The van der Waals surface area contributed by atoms with E-state index in [2.05, 4.69) is 33.5 Å². The van der Waals surface area contributed by atoms with Gasteiger partial charge >= 0.3 is 6.18 Å². The maximum absolute atomic E-state index is 13.0. The molecular formula is C44H49F3N4O8. The summed E-state index contributed by atoms with van der Waals surface area (Å²) in [6, 6.07) is 19.2. The topological polar surface area (TPSA) is 176 Å². The van der Waals surface area contributed by atoms with Crippen LogP contribution in [-0.4, -0.2) is 91.3 Å². The molecule has 8 rings (SSSR count). The van der Waals surface area contributed by atoms with Crippen molar-refractivity contribution in [3.8, 4) is 28.6 Å². The van der Waals surface area contributed by atoms with E-state index in [9.17, 15) is 38.4 Å². The maximum Gasteiger partial charge on any atom is 0.433 e. The van der Waals surface area contributed by atoms with Crippen LogP contribution >= 0.6 is 0 Å². The van der Waals surface area contributed by atoms with Gasteiger partial charge in [0, 0.05) is 18.2 Å². The molecule has 9 atom stereocenters. The first-order chi connectivity index (χ1) is 28.2. The maximum atomic E-state index is 13.0. The Hall–Kier alpha value is -4.83. The zero-order valence-electron chi connectivity index (χ0n) is 32.6. The second-order valence-electron chi connectivity index (χ2n) is 16.7. The Morgan fingerprint density at radius 1 is 0.983 bits per heavy atom. The Morgan fingerprint density at radius 2 is 1.80 bits per heavy atom.